The minimum atomic E-state index is -4.90. The number of halogens is 6. The van der Waals surface area contributed by atoms with Crippen molar-refractivity contribution < 1.29 is 36.2 Å². The Labute approximate surface area is 154 Å². The van der Waals surface area contributed by atoms with Crippen molar-refractivity contribution in [3.63, 3.8) is 0 Å². The van der Waals surface area contributed by atoms with Gasteiger partial charge in [0.05, 0.1) is 11.3 Å². The lowest BCUT2D eigenvalue weighted by atomic mass is 10.0. The van der Waals surface area contributed by atoms with Gasteiger partial charge in [0.25, 0.3) is 0 Å². The fourth-order valence-electron chi connectivity index (χ4n) is 2.85. The van der Waals surface area contributed by atoms with Gasteiger partial charge in [-0.2, -0.15) is 26.3 Å². The highest BCUT2D eigenvalue weighted by Gasteiger charge is 2.39. The lowest BCUT2D eigenvalue weighted by Gasteiger charge is -2.27. The van der Waals surface area contributed by atoms with Crippen LogP contribution in [0.15, 0.2) is 24.4 Å². The van der Waals surface area contributed by atoms with E-state index in [4.69, 9.17) is 0 Å². The Bertz CT molecular complexity index is 959. The van der Waals surface area contributed by atoms with Crippen molar-refractivity contribution in [3.05, 3.63) is 52.7 Å². The van der Waals surface area contributed by atoms with Crippen molar-refractivity contribution in [3.8, 4) is 5.75 Å². The van der Waals surface area contributed by atoms with E-state index in [0.29, 0.717) is 6.07 Å². The molecule has 0 aliphatic carbocycles. The summed E-state index contributed by atoms with van der Waals surface area (Å²) in [6.45, 7) is 0.863. The molecule has 2 aromatic rings. The highest BCUT2D eigenvalue weighted by atomic mass is 19.4. The normalized spacial score (nSPS) is 14.3. The smallest absolute Gasteiger partial charge is 0.485 e. The molecule has 0 amide bonds. The topological polar surface area (TPSA) is 58.4 Å². The van der Waals surface area contributed by atoms with Crippen LogP contribution in [0, 0.1) is 0 Å². The molecule has 0 radical (unpaired) electrons. The second-order valence-corrected chi connectivity index (χ2v) is 6.00. The van der Waals surface area contributed by atoms with Crippen molar-refractivity contribution in [2.24, 2.45) is 0 Å². The van der Waals surface area contributed by atoms with Crippen LogP contribution >= 0.6 is 0 Å². The number of benzene rings is 1. The molecule has 1 aromatic carbocycles. The van der Waals surface area contributed by atoms with E-state index in [0.717, 1.165) is 29.0 Å². The largest absolute Gasteiger partial charge is 0.507 e. The number of phenols is 1. The fourth-order valence-corrected chi connectivity index (χ4v) is 2.85. The number of aromatic hydroxyl groups is 1. The highest BCUT2D eigenvalue weighted by molar-refractivity contribution is 6.09. The first-order valence-corrected chi connectivity index (χ1v) is 7.99. The van der Waals surface area contributed by atoms with Gasteiger partial charge in [-0.3, -0.25) is 9.69 Å². The lowest BCUT2D eigenvalue weighted by molar-refractivity contribution is -0.236. The number of ketones is 1. The molecule has 3 rings (SSSR count). The second-order valence-electron chi connectivity index (χ2n) is 6.00. The van der Waals surface area contributed by atoms with Gasteiger partial charge in [0.1, 0.15) is 23.9 Å². The molecule has 1 aromatic heterocycles. The van der Waals surface area contributed by atoms with Gasteiger partial charge in [-0.05, 0) is 30.7 Å². The van der Waals surface area contributed by atoms with Gasteiger partial charge in [-0.1, -0.05) is 6.92 Å². The first-order chi connectivity index (χ1) is 12.9. The van der Waals surface area contributed by atoms with Crippen LogP contribution in [-0.2, 0) is 19.3 Å². The van der Waals surface area contributed by atoms with Crippen LogP contribution in [0.5, 0.6) is 5.75 Å². The molecule has 1 aliphatic heterocycles. The monoisotopic (exact) mass is 405 g/mol. The van der Waals surface area contributed by atoms with Gasteiger partial charge < -0.3 is 9.67 Å². The summed E-state index contributed by atoms with van der Waals surface area (Å²) < 4.78 is 79.1. The molecule has 0 atom stereocenters. The third kappa shape index (κ3) is 3.43. The summed E-state index contributed by atoms with van der Waals surface area (Å²) in [7, 11) is 0. The Balaban J connectivity index is 2.09. The molecular formula is C17H13F6N3O2. The number of alkyl halides is 6. The van der Waals surface area contributed by atoms with Gasteiger partial charge in [-0.15, -0.1) is 0 Å². The van der Waals surface area contributed by atoms with E-state index in [1.807, 2.05) is 0 Å². The molecule has 11 heteroatoms. The molecule has 150 valence electrons. The maximum atomic E-state index is 13.0. The van der Waals surface area contributed by atoms with Gasteiger partial charge in [-0.25, -0.2) is 4.98 Å². The summed E-state index contributed by atoms with van der Waals surface area (Å²) in [6.07, 6.45) is -7.57. The maximum Gasteiger partial charge on any atom is 0.485 e. The number of aromatic nitrogens is 2. The van der Waals surface area contributed by atoms with Gasteiger partial charge in [0.2, 0.25) is 5.78 Å². The second kappa shape index (κ2) is 6.57. The van der Waals surface area contributed by atoms with E-state index in [2.05, 4.69) is 4.98 Å². The number of hydrogen-bond donors (Lipinski definition) is 1. The van der Waals surface area contributed by atoms with Crippen molar-refractivity contribution >= 4 is 11.9 Å². The Hall–Kier alpha value is -2.98. The third-order valence-electron chi connectivity index (χ3n) is 4.21. The zero-order valence-corrected chi connectivity index (χ0v) is 14.3. The van der Waals surface area contributed by atoms with E-state index in [9.17, 15) is 36.2 Å². The molecule has 0 bridgehead atoms. The van der Waals surface area contributed by atoms with E-state index in [1.54, 1.807) is 6.92 Å². The number of phenolic OH excluding ortho intramolecular Hbond substituents is 1. The fraction of sp³-hybridized carbons (Fsp3) is 0.294. The first-order valence-electron chi connectivity index (χ1n) is 7.99. The number of fused-ring (bicyclic) bond motifs is 1. The Kier molecular flexibility index (Phi) is 4.64. The molecule has 0 unspecified atom stereocenters. The minimum absolute atomic E-state index is 0.0237. The minimum Gasteiger partial charge on any atom is -0.507 e. The maximum absolute atomic E-state index is 13.0. The standard InChI is InChI=1S/C17H13F6N3O2/c1-2-11-14(26-8-25(17(21,22)23)6-5-13(26)24-11)15(28)9-3-4-12(27)10(7-9)16(18,19)20/h3-7,27H,2,8H2,1H3. The van der Waals surface area contributed by atoms with Crippen molar-refractivity contribution in [1.82, 2.24) is 14.5 Å². The predicted molar refractivity (Wildman–Crippen MR) is 85.1 cm³/mol. The quantitative estimate of drug-likeness (QED) is 0.473. The number of nitrogens with zero attached hydrogens (tertiary/aromatic N) is 3. The molecule has 0 spiro atoms. The first kappa shape index (κ1) is 19.8. The summed E-state index contributed by atoms with van der Waals surface area (Å²) >= 11 is 0. The summed E-state index contributed by atoms with van der Waals surface area (Å²) in [5, 5.41) is 9.41. The van der Waals surface area contributed by atoms with Gasteiger partial charge >= 0.3 is 12.5 Å². The van der Waals surface area contributed by atoms with Crippen LogP contribution in [0.4, 0.5) is 26.3 Å². The van der Waals surface area contributed by atoms with Crippen LogP contribution < -0.4 is 0 Å². The number of rotatable bonds is 3. The average molecular weight is 405 g/mol. The predicted octanol–water partition coefficient (Wildman–Crippen LogP) is 4.16. The van der Waals surface area contributed by atoms with Crippen molar-refractivity contribution in [2.45, 2.75) is 32.5 Å². The molecular weight excluding hydrogens is 392 g/mol. The van der Waals surface area contributed by atoms with Crippen molar-refractivity contribution in [1.29, 1.82) is 0 Å². The molecule has 5 nitrogen and oxygen atoms in total. The molecule has 0 saturated heterocycles. The van der Waals surface area contributed by atoms with Crippen LogP contribution in [0.2, 0.25) is 0 Å². The highest BCUT2D eigenvalue weighted by Crippen LogP contribution is 2.37. The zero-order valence-electron chi connectivity index (χ0n) is 14.3. The van der Waals surface area contributed by atoms with E-state index >= 15 is 0 Å². The third-order valence-corrected chi connectivity index (χ3v) is 4.21. The van der Waals surface area contributed by atoms with Gasteiger partial charge in [0.15, 0.2) is 0 Å². The SMILES string of the molecule is CCc1nc2n(c1C(=O)c1ccc(O)c(C(F)(F)F)c1)CN(C(F)(F)F)C=C2. The number of carbonyl (C=O) groups is 1. The molecule has 0 saturated carbocycles. The summed E-state index contributed by atoms with van der Waals surface area (Å²) in [6, 6.07) is 2.17. The molecule has 28 heavy (non-hydrogen) atoms. The van der Waals surface area contributed by atoms with Crippen LogP contribution in [0.25, 0.3) is 6.08 Å². The Morgan fingerprint density at radius 2 is 1.89 bits per heavy atom. The number of hydrogen-bond acceptors (Lipinski definition) is 4. The van der Waals surface area contributed by atoms with E-state index < -0.39 is 41.8 Å². The van der Waals surface area contributed by atoms with Crippen molar-refractivity contribution in [2.75, 3.05) is 0 Å². The molecule has 1 aliphatic rings. The molecule has 1 N–H and O–H groups in total. The number of carbonyl (C=O) groups excluding carboxylic acids is 1. The Morgan fingerprint density at radius 3 is 2.46 bits per heavy atom. The summed E-state index contributed by atoms with van der Waals surface area (Å²) in [5.41, 5.74) is -1.90. The summed E-state index contributed by atoms with van der Waals surface area (Å²) in [5.74, 6) is -1.88. The van der Waals surface area contributed by atoms with Gasteiger partial charge in [0, 0.05) is 11.8 Å². The zero-order chi connectivity index (χ0) is 20.9. The van der Waals surface area contributed by atoms with Crippen LogP contribution in [0.1, 0.15) is 40.1 Å². The lowest BCUT2D eigenvalue weighted by Crippen LogP contribution is -2.37. The van der Waals surface area contributed by atoms with Crippen LogP contribution in [-0.4, -0.2) is 31.6 Å². The van der Waals surface area contributed by atoms with E-state index in [-0.39, 0.29) is 28.5 Å². The van der Waals surface area contributed by atoms with Crippen LogP contribution in [0.3, 0.4) is 0 Å². The molecule has 0 fully saturated rings. The van der Waals surface area contributed by atoms with E-state index in [1.165, 1.54) is 0 Å². The number of imidazole rings is 1. The molecule has 2 heterocycles. The average Bonchev–Trinajstić information content (AvgIpc) is 2.97. The number of aryl methyl sites for hydroxylation is 1. The Morgan fingerprint density at radius 1 is 1.21 bits per heavy atom. The summed E-state index contributed by atoms with van der Waals surface area (Å²) in [4.78, 5) is 17.0.